The molecule has 31 heavy (non-hydrogen) atoms. The van der Waals surface area contributed by atoms with Crippen molar-refractivity contribution in [2.45, 2.75) is 58.2 Å². The van der Waals surface area contributed by atoms with Crippen LogP contribution in [0.15, 0.2) is 30.3 Å². The molecule has 0 aliphatic carbocycles. The number of carbonyl (C=O) groups excluding carboxylic acids is 3. The van der Waals surface area contributed by atoms with E-state index in [2.05, 4.69) is 16.0 Å². The minimum Gasteiger partial charge on any atom is -0.480 e. The van der Waals surface area contributed by atoms with Gasteiger partial charge in [0.15, 0.2) is 0 Å². The Morgan fingerprint density at radius 2 is 1.52 bits per heavy atom. The van der Waals surface area contributed by atoms with Crippen molar-refractivity contribution in [1.29, 1.82) is 0 Å². The average molecular weight is 452 g/mol. The van der Waals surface area contributed by atoms with Crippen LogP contribution in [-0.2, 0) is 25.6 Å². The van der Waals surface area contributed by atoms with Gasteiger partial charge in [0.1, 0.15) is 18.1 Å². The maximum atomic E-state index is 12.9. The summed E-state index contributed by atoms with van der Waals surface area (Å²) in [4.78, 5) is 48.8. The molecule has 0 spiro atoms. The normalized spacial score (nSPS) is 13.7. The number of amides is 3. The van der Waals surface area contributed by atoms with Gasteiger partial charge in [-0.2, -0.15) is 11.8 Å². The van der Waals surface area contributed by atoms with E-state index in [0.717, 1.165) is 5.56 Å². The van der Waals surface area contributed by atoms with Gasteiger partial charge in [-0.1, -0.05) is 44.2 Å². The van der Waals surface area contributed by atoms with E-state index in [1.807, 2.05) is 26.2 Å². The van der Waals surface area contributed by atoms with E-state index >= 15 is 0 Å². The van der Waals surface area contributed by atoms with E-state index in [9.17, 15) is 24.3 Å². The monoisotopic (exact) mass is 451 g/mol. The zero-order valence-electron chi connectivity index (χ0n) is 18.5. The number of hydrogen-bond acceptors (Lipinski definition) is 5. The SMILES string of the molecule is CSCCC(NC(C)=O)C(=O)NC(CC(C)C)C(=O)NC(Cc1ccccc1)C(=O)O. The molecule has 8 nitrogen and oxygen atoms in total. The van der Waals surface area contributed by atoms with Gasteiger partial charge in [0.2, 0.25) is 17.7 Å². The summed E-state index contributed by atoms with van der Waals surface area (Å²) in [6.45, 7) is 5.15. The first kappa shape index (κ1) is 26.5. The molecule has 1 rings (SSSR count). The van der Waals surface area contributed by atoms with Crippen LogP contribution >= 0.6 is 11.8 Å². The number of hydrogen-bond donors (Lipinski definition) is 4. The highest BCUT2D eigenvalue weighted by molar-refractivity contribution is 7.98. The summed E-state index contributed by atoms with van der Waals surface area (Å²) < 4.78 is 0. The van der Waals surface area contributed by atoms with Crippen LogP contribution < -0.4 is 16.0 Å². The summed E-state index contributed by atoms with van der Waals surface area (Å²) in [5, 5.41) is 17.4. The third-order valence-electron chi connectivity index (χ3n) is 4.54. The molecule has 0 bridgehead atoms. The molecule has 0 saturated carbocycles. The van der Waals surface area contributed by atoms with Crippen LogP contribution in [-0.4, -0.2) is 58.9 Å². The Morgan fingerprint density at radius 3 is 2.03 bits per heavy atom. The molecular weight excluding hydrogens is 418 g/mol. The lowest BCUT2D eigenvalue weighted by Gasteiger charge is -2.25. The molecule has 0 fully saturated rings. The van der Waals surface area contributed by atoms with Crippen molar-refractivity contribution >= 4 is 35.5 Å². The van der Waals surface area contributed by atoms with Crippen LogP contribution in [0.2, 0.25) is 0 Å². The lowest BCUT2D eigenvalue weighted by atomic mass is 10.0. The molecule has 0 aromatic heterocycles. The fraction of sp³-hybridized carbons (Fsp3) is 0.545. The van der Waals surface area contributed by atoms with Gasteiger partial charge in [0.25, 0.3) is 0 Å². The Balaban J connectivity index is 2.91. The molecule has 9 heteroatoms. The maximum Gasteiger partial charge on any atom is 0.326 e. The zero-order chi connectivity index (χ0) is 23.4. The van der Waals surface area contributed by atoms with Crippen molar-refractivity contribution < 1.29 is 24.3 Å². The molecule has 1 aromatic carbocycles. The summed E-state index contributed by atoms with van der Waals surface area (Å²) >= 11 is 1.55. The molecule has 0 radical (unpaired) electrons. The summed E-state index contributed by atoms with van der Waals surface area (Å²) in [5.74, 6) is -1.75. The van der Waals surface area contributed by atoms with Crippen molar-refractivity contribution in [1.82, 2.24) is 16.0 Å². The van der Waals surface area contributed by atoms with Gasteiger partial charge >= 0.3 is 5.97 Å². The minimum absolute atomic E-state index is 0.0823. The Bertz CT molecular complexity index is 742. The summed E-state index contributed by atoms with van der Waals surface area (Å²) in [5.41, 5.74) is 0.780. The quantitative estimate of drug-likeness (QED) is 0.361. The highest BCUT2D eigenvalue weighted by atomic mass is 32.2. The Hall–Kier alpha value is -2.55. The minimum atomic E-state index is -1.15. The second-order valence-corrected chi connectivity index (χ2v) is 8.80. The van der Waals surface area contributed by atoms with Gasteiger partial charge in [-0.05, 0) is 36.3 Å². The molecule has 3 unspecified atom stereocenters. The molecule has 0 aliphatic heterocycles. The van der Waals surface area contributed by atoms with Gasteiger partial charge in [-0.3, -0.25) is 14.4 Å². The molecule has 1 aromatic rings. The van der Waals surface area contributed by atoms with E-state index in [1.165, 1.54) is 6.92 Å². The third-order valence-corrected chi connectivity index (χ3v) is 5.19. The predicted molar refractivity (Wildman–Crippen MR) is 122 cm³/mol. The van der Waals surface area contributed by atoms with Gasteiger partial charge in [-0.15, -0.1) is 0 Å². The first-order valence-corrected chi connectivity index (χ1v) is 11.7. The zero-order valence-corrected chi connectivity index (χ0v) is 19.3. The lowest BCUT2D eigenvalue weighted by Crippen LogP contribution is -2.56. The molecule has 172 valence electrons. The van der Waals surface area contributed by atoms with E-state index in [1.54, 1.807) is 36.0 Å². The molecule has 3 amide bonds. The van der Waals surface area contributed by atoms with Gasteiger partial charge < -0.3 is 21.1 Å². The maximum absolute atomic E-state index is 12.9. The topological polar surface area (TPSA) is 125 Å². The number of rotatable bonds is 13. The second-order valence-electron chi connectivity index (χ2n) is 7.81. The van der Waals surface area contributed by atoms with E-state index in [0.29, 0.717) is 18.6 Å². The van der Waals surface area contributed by atoms with E-state index in [4.69, 9.17) is 0 Å². The summed E-state index contributed by atoms with van der Waals surface area (Å²) in [6.07, 6.45) is 2.79. The number of aliphatic carboxylic acids is 1. The van der Waals surface area contributed by atoms with Gasteiger partial charge in [0.05, 0.1) is 0 Å². The van der Waals surface area contributed by atoms with Crippen molar-refractivity contribution in [2.75, 3.05) is 12.0 Å². The first-order chi connectivity index (χ1) is 14.6. The highest BCUT2D eigenvalue weighted by Crippen LogP contribution is 2.09. The van der Waals surface area contributed by atoms with Gasteiger partial charge in [-0.25, -0.2) is 4.79 Å². The lowest BCUT2D eigenvalue weighted by molar-refractivity contribution is -0.142. The molecule has 0 saturated heterocycles. The molecule has 0 heterocycles. The standard InChI is InChI=1S/C22H33N3O5S/c1-14(2)12-18(24-20(27)17(10-11-31-4)23-15(3)26)21(28)25-19(22(29)30)13-16-8-6-5-7-9-16/h5-9,14,17-19H,10-13H2,1-4H3,(H,23,26)(H,24,27)(H,25,28)(H,29,30). The molecule has 0 aliphatic rings. The molecule has 4 N–H and O–H groups in total. The van der Waals surface area contributed by atoms with Crippen LogP contribution in [0.3, 0.4) is 0 Å². The first-order valence-electron chi connectivity index (χ1n) is 10.3. The number of thioether (sulfide) groups is 1. The summed E-state index contributed by atoms with van der Waals surface area (Å²) in [7, 11) is 0. The fourth-order valence-corrected chi connectivity index (χ4v) is 3.52. The Kier molecular flexibility index (Phi) is 11.7. The fourth-order valence-electron chi connectivity index (χ4n) is 3.05. The largest absolute Gasteiger partial charge is 0.480 e. The summed E-state index contributed by atoms with van der Waals surface area (Å²) in [6, 6.07) is 6.22. The number of nitrogens with one attached hydrogen (secondary N) is 3. The Morgan fingerprint density at radius 1 is 0.935 bits per heavy atom. The van der Waals surface area contributed by atoms with Crippen LogP contribution in [0.5, 0.6) is 0 Å². The van der Waals surface area contributed by atoms with Crippen molar-refractivity contribution in [3.63, 3.8) is 0 Å². The smallest absolute Gasteiger partial charge is 0.326 e. The van der Waals surface area contributed by atoms with Gasteiger partial charge in [0, 0.05) is 13.3 Å². The predicted octanol–water partition coefficient (Wildman–Crippen LogP) is 1.59. The van der Waals surface area contributed by atoms with Crippen molar-refractivity contribution in [3.8, 4) is 0 Å². The van der Waals surface area contributed by atoms with E-state index < -0.39 is 35.9 Å². The third kappa shape index (κ3) is 10.3. The Labute approximate surface area is 187 Å². The van der Waals surface area contributed by atoms with Crippen LogP contribution in [0, 0.1) is 5.92 Å². The van der Waals surface area contributed by atoms with Crippen LogP contribution in [0.1, 0.15) is 39.2 Å². The molecule has 3 atom stereocenters. The highest BCUT2D eigenvalue weighted by Gasteiger charge is 2.29. The number of carboxylic acids is 1. The number of carboxylic acid groups (broad SMARTS) is 1. The van der Waals surface area contributed by atoms with Crippen LogP contribution in [0.25, 0.3) is 0 Å². The van der Waals surface area contributed by atoms with Crippen LogP contribution in [0.4, 0.5) is 0 Å². The number of carbonyl (C=O) groups is 4. The molecular formula is C22H33N3O5S. The van der Waals surface area contributed by atoms with Crippen molar-refractivity contribution in [3.05, 3.63) is 35.9 Å². The number of benzene rings is 1. The average Bonchev–Trinajstić information content (AvgIpc) is 2.70. The second kappa shape index (κ2) is 13.7. The van der Waals surface area contributed by atoms with E-state index in [-0.39, 0.29) is 18.2 Å². The van der Waals surface area contributed by atoms with Crippen molar-refractivity contribution in [2.24, 2.45) is 5.92 Å².